The zero-order valence-electron chi connectivity index (χ0n) is 10.8. The van der Waals surface area contributed by atoms with E-state index in [1.165, 1.54) is 17.8 Å². The second-order valence-electron chi connectivity index (χ2n) is 4.35. The summed E-state index contributed by atoms with van der Waals surface area (Å²) in [5.41, 5.74) is 18.4. The molecule has 0 radical (unpaired) electrons. The van der Waals surface area contributed by atoms with E-state index in [0.29, 0.717) is 16.8 Å². The summed E-state index contributed by atoms with van der Waals surface area (Å²) in [5, 5.41) is 4.67. The first-order valence-electron chi connectivity index (χ1n) is 5.76. The molecular formula is C11H17N7S. The maximum atomic E-state index is 6.03. The second-order valence-corrected chi connectivity index (χ2v) is 5.45. The van der Waals surface area contributed by atoms with Crippen LogP contribution in [-0.4, -0.2) is 25.8 Å². The lowest BCUT2D eigenvalue weighted by atomic mass is 10.1. The fourth-order valence-corrected chi connectivity index (χ4v) is 2.71. The van der Waals surface area contributed by atoms with Crippen LogP contribution in [-0.2, 0) is 7.05 Å². The van der Waals surface area contributed by atoms with E-state index < -0.39 is 0 Å². The maximum absolute atomic E-state index is 6.03. The summed E-state index contributed by atoms with van der Waals surface area (Å²) >= 11 is 1.43. The monoisotopic (exact) mass is 279 g/mol. The van der Waals surface area contributed by atoms with Gasteiger partial charge >= 0.3 is 0 Å². The maximum Gasteiger partial charge on any atom is 0.192 e. The lowest BCUT2D eigenvalue weighted by molar-refractivity contribution is 0.715. The van der Waals surface area contributed by atoms with Gasteiger partial charge in [0, 0.05) is 30.9 Å². The fourth-order valence-electron chi connectivity index (χ4n) is 1.69. The van der Waals surface area contributed by atoms with Crippen molar-refractivity contribution in [1.82, 2.24) is 19.7 Å². The molecule has 2 aromatic rings. The summed E-state index contributed by atoms with van der Waals surface area (Å²) in [7, 11) is 1.86. The van der Waals surface area contributed by atoms with Gasteiger partial charge in [-0.1, -0.05) is 11.8 Å². The SMILES string of the molecule is CC(N)C(Sc1nc(N)cc(N)n1)c1cnn(C)c1. The van der Waals surface area contributed by atoms with E-state index in [-0.39, 0.29) is 11.3 Å². The molecule has 102 valence electrons. The minimum atomic E-state index is -0.0829. The molecule has 0 aromatic carbocycles. The molecule has 0 aliphatic heterocycles. The number of anilines is 2. The summed E-state index contributed by atoms with van der Waals surface area (Å²) in [6, 6.07) is 1.44. The van der Waals surface area contributed by atoms with Crippen LogP contribution in [0.2, 0.25) is 0 Å². The number of nitrogen functional groups attached to an aromatic ring is 2. The highest BCUT2D eigenvalue weighted by atomic mass is 32.2. The zero-order chi connectivity index (χ0) is 14.0. The average molecular weight is 279 g/mol. The Labute approximate surface area is 115 Å². The molecule has 7 nitrogen and oxygen atoms in total. The van der Waals surface area contributed by atoms with E-state index in [1.807, 2.05) is 20.2 Å². The zero-order valence-corrected chi connectivity index (χ0v) is 11.6. The lowest BCUT2D eigenvalue weighted by Crippen LogP contribution is -2.22. The highest BCUT2D eigenvalue weighted by Gasteiger charge is 2.21. The molecule has 2 rings (SSSR count). The molecule has 0 aliphatic rings. The Morgan fingerprint density at radius 3 is 2.37 bits per heavy atom. The van der Waals surface area contributed by atoms with E-state index in [0.717, 1.165) is 5.56 Å². The largest absolute Gasteiger partial charge is 0.383 e. The number of nitrogens with two attached hydrogens (primary N) is 3. The van der Waals surface area contributed by atoms with Crippen molar-refractivity contribution < 1.29 is 0 Å². The third-order valence-electron chi connectivity index (χ3n) is 2.51. The third kappa shape index (κ3) is 3.36. The van der Waals surface area contributed by atoms with Gasteiger partial charge < -0.3 is 17.2 Å². The van der Waals surface area contributed by atoms with Crippen molar-refractivity contribution in [3.05, 3.63) is 24.0 Å². The van der Waals surface area contributed by atoms with Crippen molar-refractivity contribution in [3.63, 3.8) is 0 Å². The van der Waals surface area contributed by atoms with Gasteiger partial charge in [-0.25, -0.2) is 9.97 Å². The Morgan fingerprint density at radius 2 is 1.89 bits per heavy atom. The number of aryl methyl sites for hydroxylation is 1. The van der Waals surface area contributed by atoms with Gasteiger partial charge in [-0.3, -0.25) is 4.68 Å². The molecule has 0 spiro atoms. The molecule has 8 heteroatoms. The highest BCUT2D eigenvalue weighted by molar-refractivity contribution is 7.99. The number of thioether (sulfide) groups is 1. The van der Waals surface area contributed by atoms with Crippen LogP contribution in [0, 0.1) is 0 Å². The molecule has 2 aromatic heterocycles. The fraction of sp³-hybridized carbons (Fsp3) is 0.364. The first kappa shape index (κ1) is 13.6. The average Bonchev–Trinajstić information content (AvgIpc) is 2.70. The molecule has 2 unspecified atom stereocenters. The van der Waals surface area contributed by atoms with Gasteiger partial charge in [0.05, 0.1) is 11.4 Å². The van der Waals surface area contributed by atoms with Crippen molar-refractivity contribution in [1.29, 1.82) is 0 Å². The van der Waals surface area contributed by atoms with Crippen LogP contribution < -0.4 is 17.2 Å². The molecule has 0 fully saturated rings. The molecule has 6 N–H and O–H groups in total. The Bertz CT molecular complexity index is 546. The Kier molecular flexibility index (Phi) is 3.91. The van der Waals surface area contributed by atoms with Crippen LogP contribution in [0.3, 0.4) is 0 Å². The first-order valence-corrected chi connectivity index (χ1v) is 6.64. The first-order chi connectivity index (χ1) is 8.95. The number of nitrogens with zero attached hydrogens (tertiary/aromatic N) is 4. The van der Waals surface area contributed by atoms with Gasteiger partial charge in [-0.15, -0.1) is 0 Å². The van der Waals surface area contributed by atoms with Crippen LogP contribution in [0.25, 0.3) is 0 Å². The number of hydrogen-bond donors (Lipinski definition) is 3. The molecule has 0 amide bonds. The quantitative estimate of drug-likeness (QED) is 0.552. The third-order valence-corrected chi connectivity index (χ3v) is 3.86. The minimum Gasteiger partial charge on any atom is -0.383 e. The predicted octanol–water partition coefficient (Wildman–Crippen LogP) is 0.555. The van der Waals surface area contributed by atoms with E-state index in [2.05, 4.69) is 15.1 Å². The highest BCUT2D eigenvalue weighted by Crippen LogP contribution is 2.35. The van der Waals surface area contributed by atoms with Crippen molar-refractivity contribution in [3.8, 4) is 0 Å². The summed E-state index contributed by atoms with van der Waals surface area (Å²) in [6.45, 7) is 1.93. The van der Waals surface area contributed by atoms with Gasteiger partial charge in [0.1, 0.15) is 11.6 Å². The molecule has 2 heterocycles. The number of aromatic nitrogens is 4. The summed E-state index contributed by atoms with van der Waals surface area (Å²) in [4.78, 5) is 8.31. The molecule has 0 saturated heterocycles. The molecular weight excluding hydrogens is 262 g/mol. The van der Waals surface area contributed by atoms with Crippen LogP contribution >= 0.6 is 11.8 Å². The molecule has 0 bridgehead atoms. The lowest BCUT2D eigenvalue weighted by Gasteiger charge is -2.18. The Morgan fingerprint density at radius 1 is 1.26 bits per heavy atom. The topological polar surface area (TPSA) is 122 Å². The van der Waals surface area contributed by atoms with Crippen molar-refractivity contribution >= 4 is 23.4 Å². The summed E-state index contributed by atoms with van der Waals surface area (Å²) in [5.74, 6) is 0.703. The van der Waals surface area contributed by atoms with Crippen LogP contribution in [0.5, 0.6) is 0 Å². The number of hydrogen-bond acceptors (Lipinski definition) is 7. The predicted molar refractivity (Wildman–Crippen MR) is 76.3 cm³/mol. The molecule has 0 saturated carbocycles. The molecule has 0 aliphatic carbocycles. The van der Waals surface area contributed by atoms with Gasteiger partial charge in [0.2, 0.25) is 0 Å². The molecule has 19 heavy (non-hydrogen) atoms. The van der Waals surface area contributed by atoms with E-state index in [1.54, 1.807) is 10.9 Å². The summed E-state index contributed by atoms with van der Waals surface area (Å²) in [6.07, 6.45) is 3.72. The van der Waals surface area contributed by atoms with Gasteiger partial charge in [0.25, 0.3) is 0 Å². The van der Waals surface area contributed by atoms with Crippen LogP contribution in [0.15, 0.2) is 23.6 Å². The Balaban J connectivity index is 2.26. The van der Waals surface area contributed by atoms with Gasteiger partial charge in [0.15, 0.2) is 5.16 Å². The molecule has 2 atom stereocenters. The number of rotatable bonds is 4. The van der Waals surface area contributed by atoms with Crippen molar-refractivity contribution in [2.75, 3.05) is 11.5 Å². The van der Waals surface area contributed by atoms with E-state index in [4.69, 9.17) is 17.2 Å². The second kappa shape index (κ2) is 5.45. The van der Waals surface area contributed by atoms with Gasteiger partial charge in [-0.05, 0) is 6.92 Å². The van der Waals surface area contributed by atoms with Gasteiger partial charge in [-0.2, -0.15) is 5.10 Å². The summed E-state index contributed by atoms with van der Waals surface area (Å²) < 4.78 is 1.74. The smallest absolute Gasteiger partial charge is 0.192 e. The van der Waals surface area contributed by atoms with Crippen LogP contribution in [0.1, 0.15) is 17.7 Å². The normalized spacial score (nSPS) is 14.3. The van der Waals surface area contributed by atoms with Crippen molar-refractivity contribution in [2.24, 2.45) is 12.8 Å². The van der Waals surface area contributed by atoms with Crippen molar-refractivity contribution in [2.45, 2.75) is 23.4 Å². The minimum absolute atomic E-state index is 0.00472. The van der Waals surface area contributed by atoms with E-state index in [9.17, 15) is 0 Å². The Hall–Kier alpha value is -1.80. The van der Waals surface area contributed by atoms with E-state index >= 15 is 0 Å². The standard InChI is InChI=1S/C11H17N7S/c1-6(12)10(7-4-15-18(2)5-7)19-11-16-8(13)3-9(14)17-11/h3-6,10H,12H2,1-2H3,(H4,13,14,16,17). The van der Waals surface area contributed by atoms with Crippen LogP contribution in [0.4, 0.5) is 11.6 Å².